The maximum Gasteiger partial charge on any atom is 0.0662 e. The van der Waals surface area contributed by atoms with Crippen LogP contribution in [0.15, 0.2) is 0 Å². The van der Waals surface area contributed by atoms with E-state index in [9.17, 15) is 0 Å². The summed E-state index contributed by atoms with van der Waals surface area (Å²) < 4.78 is 5.62. The molecule has 15 heavy (non-hydrogen) atoms. The molecule has 2 N–H and O–H groups in total. The molecule has 3 heteroatoms. The van der Waals surface area contributed by atoms with Gasteiger partial charge < -0.3 is 10.5 Å². The molecule has 1 rings (SSSR count). The topological polar surface area (TPSA) is 38.5 Å². The molecule has 0 amide bonds. The van der Waals surface area contributed by atoms with Gasteiger partial charge >= 0.3 is 0 Å². The van der Waals surface area contributed by atoms with Crippen LogP contribution in [0.25, 0.3) is 0 Å². The van der Waals surface area contributed by atoms with E-state index < -0.39 is 0 Å². The monoisotopic (exact) mass is 214 g/mol. The Hall–Kier alpha value is -0.120. The number of ether oxygens (including phenoxy) is 1. The van der Waals surface area contributed by atoms with Crippen molar-refractivity contribution in [2.75, 3.05) is 26.8 Å². The van der Waals surface area contributed by atoms with Crippen LogP contribution in [0, 0.1) is 0 Å². The van der Waals surface area contributed by atoms with E-state index in [1.807, 2.05) is 0 Å². The molecule has 0 aliphatic carbocycles. The van der Waals surface area contributed by atoms with Crippen molar-refractivity contribution in [3.05, 3.63) is 0 Å². The Morgan fingerprint density at radius 3 is 2.53 bits per heavy atom. The van der Waals surface area contributed by atoms with E-state index in [0.29, 0.717) is 6.54 Å². The van der Waals surface area contributed by atoms with Crippen molar-refractivity contribution in [1.82, 2.24) is 4.90 Å². The first kappa shape index (κ1) is 12.9. The van der Waals surface area contributed by atoms with Crippen LogP contribution in [0.1, 0.15) is 40.0 Å². The lowest BCUT2D eigenvalue weighted by atomic mass is 9.85. The molecule has 0 aromatic carbocycles. The van der Waals surface area contributed by atoms with Gasteiger partial charge in [-0.3, -0.25) is 4.90 Å². The number of hydrogen-bond donors (Lipinski definition) is 1. The lowest BCUT2D eigenvalue weighted by molar-refractivity contribution is -0.0724. The van der Waals surface area contributed by atoms with Crippen LogP contribution in [-0.2, 0) is 4.74 Å². The fraction of sp³-hybridized carbons (Fsp3) is 1.00. The Morgan fingerprint density at radius 2 is 2.13 bits per heavy atom. The smallest absolute Gasteiger partial charge is 0.0662 e. The zero-order valence-corrected chi connectivity index (χ0v) is 10.7. The summed E-state index contributed by atoms with van der Waals surface area (Å²) in [6.45, 7) is 9.14. The molecule has 0 spiro atoms. The predicted octanol–water partition coefficient (Wildman–Crippen LogP) is 1.61. The third-order valence-electron chi connectivity index (χ3n) is 4.17. The molecule has 0 saturated carbocycles. The van der Waals surface area contributed by atoms with Crippen molar-refractivity contribution in [1.29, 1.82) is 0 Å². The highest BCUT2D eigenvalue weighted by Crippen LogP contribution is 2.31. The first-order valence-electron chi connectivity index (χ1n) is 6.00. The van der Waals surface area contributed by atoms with Crippen molar-refractivity contribution in [3.8, 4) is 0 Å². The lowest BCUT2D eigenvalue weighted by Gasteiger charge is -2.51. The first-order valence-corrected chi connectivity index (χ1v) is 6.00. The summed E-state index contributed by atoms with van der Waals surface area (Å²) in [4.78, 5) is 2.43. The van der Waals surface area contributed by atoms with Crippen LogP contribution in [0.3, 0.4) is 0 Å². The van der Waals surface area contributed by atoms with Crippen molar-refractivity contribution in [3.63, 3.8) is 0 Å². The summed E-state index contributed by atoms with van der Waals surface area (Å²) in [6, 6.07) is 0. The molecule has 1 aliphatic heterocycles. The minimum Gasteiger partial charge on any atom is -0.379 e. The van der Waals surface area contributed by atoms with E-state index in [0.717, 1.165) is 32.5 Å². The minimum absolute atomic E-state index is 0.0533. The molecule has 0 bridgehead atoms. The molecule has 0 aromatic rings. The largest absolute Gasteiger partial charge is 0.379 e. The van der Waals surface area contributed by atoms with Gasteiger partial charge in [0.1, 0.15) is 0 Å². The SMILES string of the molecule is CCC(C)(C)N(C)C1(CN)CCCOC1. The molecule has 1 unspecified atom stereocenters. The van der Waals surface area contributed by atoms with Crippen molar-refractivity contribution >= 4 is 0 Å². The number of hydrogen-bond acceptors (Lipinski definition) is 3. The van der Waals surface area contributed by atoms with Crippen LogP contribution in [0.5, 0.6) is 0 Å². The Balaban J connectivity index is 2.80. The van der Waals surface area contributed by atoms with Crippen LogP contribution in [-0.4, -0.2) is 42.8 Å². The summed E-state index contributed by atoms with van der Waals surface area (Å²) >= 11 is 0. The molecule has 0 radical (unpaired) electrons. The van der Waals surface area contributed by atoms with Gasteiger partial charge in [0.05, 0.1) is 12.1 Å². The number of nitrogens with two attached hydrogens (primary N) is 1. The average Bonchev–Trinajstić information content (AvgIpc) is 2.29. The Labute approximate surface area is 94.0 Å². The van der Waals surface area contributed by atoms with E-state index in [1.165, 1.54) is 0 Å². The summed E-state index contributed by atoms with van der Waals surface area (Å²) in [5.41, 5.74) is 6.22. The van der Waals surface area contributed by atoms with E-state index in [2.05, 4.69) is 32.7 Å². The summed E-state index contributed by atoms with van der Waals surface area (Å²) in [5, 5.41) is 0. The molecule has 1 aliphatic rings. The minimum atomic E-state index is 0.0533. The third kappa shape index (κ3) is 2.52. The maximum absolute atomic E-state index is 5.97. The van der Waals surface area contributed by atoms with Crippen LogP contribution < -0.4 is 5.73 Å². The molecule has 0 aromatic heterocycles. The van der Waals surface area contributed by atoms with Gasteiger partial charge in [-0.05, 0) is 40.2 Å². The fourth-order valence-corrected chi connectivity index (χ4v) is 2.28. The second-order valence-corrected chi connectivity index (χ2v) is 5.31. The van der Waals surface area contributed by atoms with Crippen molar-refractivity contribution in [2.45, 2.75) is 51.1 Å². The molecule has 1 saturated heterocycles. The van der Waals surface area contributed by atoms with Crippen molar-refractivity contribution in [2.24, 2.45) is 5.73 Å². The lowest BCUT2D eigenvalue weighted by Crippen LogP contribution is -2.63. The third-order valence-corrected chi connectivity index (χ3v) is 4.17. The van der Waals surface area contributed by atoms with Gasteiger partial charge in [0.15, 0.2) is 0 Å². The van der Waals surface area contributed by atoms with Crippen LogP contribution in [0.2, 0.25) is 0 Å². The molecule has 1 heterocycles. The summed E-state index contributed by atoms with van der Waals surface area (Å²) in [7, 11) is 2.19. The van der Waals surface area contributed by atoms with Gasteiger partial charge in [0.2, 0.25) is 0 Å². The second-order valence-electron chi connectivity index (χ2n) is 5.31. The van der Waals surface area contributed by atoms with Gasteiger partial charge in [0.25, 0.3) is 0 Å². The van der Waals surface area contributed by atoms with Gasteiger partial charge in [-0.15, -0.1) is 0 Å². The zero-order chi connectivity index (χ0) is 11.5. The van der Waals surface area contributed by atoms with Crippen LogP contribution >= 0.6 is 0 Å². The van der Waals surface area contributed by atoms with Gasteiger partial charge in [-0.25, -0.2) is 0 Å². The standard InChI is InChI=1S/C12H26N2O/c1-5-11(2,3)14(4)12(9-13)7-6-8-15-10-12/h5-10,13H2,1-4H3. The summed E-state index contributed by atoms with van der Waals surface area (Å²) in [5.74, 6) is 0. The highest BCUT2D eigenvalue weighted by atomic mass is 16.5. The molecule has 1 fully saturated rings. The average molecular weight is 214 g/mol. The Kier molecular flexibility index (Phi) is 4.15. The van der Waals surface area contributed by atoms with Crippen LogP contribution in [0.4, 0.5) is 0 Å². The molecule has 90 valence electrons. The van der Waals surface area contributed by atoms with E-state index in [1.54, 1.807) is 0 Å². The molecular formula is C12H26N2O. The second kappa shape index (κ2) is 4.81. The normalized spacial score (nSPS) is 28.4. The van der Waals surface area contributed by atoms with E-state index >= 15 is 0 Å². The van der Waals surface area contributed by atoms with Gasteiger partial charge in [-0.1, -0.05) is 6.92 Å². The fourth-order valence-electron chi connectivity index (χ4n) is 2.28. The maximum atomic E-state index is 5.97. The van der Waals surface area contributed by atoms with Gasteiger partial charge in [-0.2, -0.15) is 0 Å². The van der Waals surface area contributed by atoms with Gasteiger partial charge in [0, 0.05) is 18.7 Å². The predicted molar refractivity (Wildman–Crippen MR) is 64.0 cm³/mol. The number of likely N-dealkylation sites (N-methyl/N-ethyl adjacent to an activating group) is 1. The van der Waals surface area contributed by atoms with Crippen molar-refractivity contribution < 1.29 is 4.74 Å². The van der Waals surface area contributed by atoms with E-state index in [4.69, 9.17) is 10.5 Å². The first-order chi connectivity index (χ1) is 6.98. The quantitative estimate of drug-likeness (QED) is 0.773. The van der Waals surface area contributed by atoms with E-state index in [-0.39, 0.29) is 11.1 Å². The number of nitrogens with zero attached hydrogens (tertiary/aromatic N) is 1. The highest BCUT2D eigenvalue weighted by Gasteiger charge is 2.41. The molecule has 1 atom stereocenters. The zero-order valence-electron chi connectivity index (χ0n) is 10.7. The molecule has 3 nitrogen and oxygen atoms in total. The Bertz CT molecular complexity index is 198. The Morgan fingerprint density at radius 1 is 1.47 bits per heavy atom. The highest BCUT2D eigenvalue weighted by molar-refractivity contribution is 4.97. The summed E-state index contributed by atoms with van der Waals surface area (Å²) in [6.07, 6.45) is 3.41. The number of rotatable bonds is 4. The molecular weight excluding hydrogens is 188 g/mol.